The Labute approximate surface area is 118 Å². The summed E-state index contributed by atoms with van der Waals surface area (Å²) in [5.74, 6) is 0.322. The normalized spacial score (nSPS) is 15.0. The summed E-state index contributed by atoms with van der Waals surface area (Å²) in [6, 6.07) is 5.36. The van der Waals surface area contributed by atoms with Gasteiger partial charge in [-0.2, -0.15) is 0 Å². The van der Waals surface area contributed by atoms with Crippen LogP contribution < -0.4 is 4.74 Å². The van der Waals surface area contributed by atoms with Crippen LogP contribution in [0, 0.1) is 6.92 Å². The number of hydrogen-bond acceptors (Lipinski definition) is 4. The van der Waals surface area contributed by atoms with E-state index in [1.54, 1.807) is 17.0 Å². The second-order valence-corrected chi connectivity index (χ2v) is 4.84. The van der Waals surface area contributed by atoms with E-state index in [9.17, 15) is 9.59 Å². The molecular weight excluding hydrogens is 258 g/mol. The maximum atomic E-state index is 12.0. The van der Waals surface area contributed by atoms with E-state index >= 15 is 0 Å². The molecule has 0 unspecified atom stereocenters. The Morgan fingerprint density at radius 3 is 2.65 bits per heavy atom. The summed E-state index contributed by atoms with van der Waals surface area (Å²) in [5, 5.41) is 0. The summed E-state index contributed by atoms with van der Waals surface area (Å²) in [6.45, 7) is 5.67. The molecule has 0 saturated carbocycles. The molecule has 1 heterocycles. The van der Waals surface area contributed by atoms with Crippen LogP contribution >= 0.6 is 0 Å². The van der Waals surface area contributed by atoms with Crippen molar-refractivity contribution in [2.24, 2.45) is 0 Å². The lowest BCUT2D eigenvalue weighted by Crippen LogP contribution is -2.43. The van der Waals surface area contributed by atoms with Crippen LogP contribution in [0.25, 0.3) is 0 Å². The molecular formula is C15H19NO4. The molecule has 0 radical (unpaired) electrons. The third-order valence-corrected chi connectivity index (χ3v) is 3.23. The number of ketones is 1. The summed E-state index contributed by atoms with van der Waals surface area (Å²) < 4.78 is 10.7. The molecule has 1 aromatic rings. The first-order valence-corrected chi connectivity index (χ1v) is 6.68. The standard InChI is InChI=1S/C15H19NO4/c1-11-3-4-13(12(2)17)14(9-11)20-10-15(18)16-5-7-19-8-6-16/h3-4,9H,5-8,10H2,1-2H3. The molecule has 0 atom stereocenters. The quantitative estimate of drug-likeness (QED) is 0.781. The molecule has 0 N–H and O–H groups in total. The number of ether oxygens (including phenoxy) is 2. The molecule has 2 rings (SSSR count). The van der Waals surface area contributed by atoms with Gasteiger partial charge in [-0.25, -0.2) is 0 Å². The summed E-state index contributed by atoms with van der Waals surface area (Å²) in [4.78, 5) is 25.2. The molecule has 5 heteroatoms. The molecule has 1 fully saturated rings. The molecule has 20 heavy (non-hydrogen) atoms. The molecule has 5 nitrogen and oxygen atoms in total. The van der Waals surface area contributed by atoms with E-state index in [0.717, 1.165) is 5.56 Å². The van der Waals surface area contributed by atoms with Crippen molar-refractivity contribution < 1.29 is 19.1 Å². The van der Waals surface area contributed by atoms with Gasteiger partial charge in [0.15, 0.2) is 12.4 Å². The van der Waals surface area contributed by atoms with E-state index < -0.39 is 0 Å². The monoisotopic (exact) mass is 277 g/mol. The van der Waals surface area contributed by atoms with E-state index in [1.165, 1.54) is 6.92 Å². The molecule has 108 valence electrons. The van der Waals surface area contributed by atoms with Gasteiger partial charge >= 0.3 is 0 Å². The lowest BCUT2D eigenvalue weighted by Gasteiger charge is -2.26. The summed E-state index contributed by atoms with van der Waals surface area (Å²) in [6.07, 6.45) is 0. The molecule has 1 amide bonds. The van der Waals surface area contributed by atoms with E-state index in [4.69, 9.17) is 9.47 Å². The number of carbonyl (C=O) groups is 2. The van der Waals surface area contributed by atoms with Gasteiger partial charge in [-0.3, -0.25) is 9.59 Å². The minimum Gasteiger partial charge on any atom is -0.483 e. The van der Waals surface area contributed by atoms with E-state index in [0.29, 0.717) is 37.6 Å². The third kappa shape index (κ3) is 3.57. The van der Waals surface area contributed by atoms with Crippen LogP contribution in [0.5, 0.6) is 5.75 Å². The van der Waals surface area contributed by atoms with Gasteiger partial charge in [-0.05, 0) is 31.5 Å². The summed E-state index contributed by atoms with van der Waals surface area (Å²) in [7, 11) is 0. The molecule has 0 aromatic heterocycles. The second kappa shape index (κ2) is 6.52. The van der Waals surface area contributed by atoms with Crippen molar-refractivity contribution in [2.45, 2.75) is 13.8 Å². The van der Waals surface area contributed by atoms with Crippen LogP contribution in [0.3, 0.4) is 0 Å². The van der Waals surface area contributed by atoms with Gasteiger partial charge in [0, 0.05) is 13.1 Å². The summed E-state index contributed by atoms with van der Waals surface area (Å²) in [5.41, 5.74) is 1.49. The first kappa shape index (κ1) is 14.5. The van der Waals surface area contributed by atoms with E-state index in [-0.39, 0.29) is 18.3 Å². The number of amides is 1. The van der Waals surface area contributed by atoms with E-state index in [1.807, 2.05) is 13.0 Å². The molecule has 0 aliphatic carbocycles. The van der Waals surface area contributed by atoms with Crippen LogP contribution in [0.4, 0.5) is 0 Å². The van der Waals surface area contributed by atoms with Crippen LogP contribution in [0.1, 0.15) is 22.8 Å². The number of rotatable bonds is 4. The lowest BCUT2D eigenvalue weighted by atomic mass is 10.1. The molecule has 1 aromatic carbocycles. The van der Waals surface area contributed by atoms with Crippen LogP contribution in [0.15, 0.2) is 18.2 Å². The van der Waals surface area contributed by atoms with Gasteiger partial charge in [0.05, 0.1) is 18.8 Å². The largest absolute Gasteiger partial charge is 0.483 e. The lowest BCUT2D eigenvalue weighted by molar-refractivity contribution is -0.137. The Kier molecular flexibility index (Phi) is 4.74. The topological polar surface area (TPSA) is 55.8 Å². The van der Waals surface area contributed by atoms with Crippen molar-refractivity contribution in [3.63, 3.8) is 0 Å². The van der Waals surface area contributed by atoms with E-state index in [2.05, 4.69) is 0 Å². The van der Waals surface area contributed by atoms with Gasteiger partial charge < -0.3 is 14.4 Å². The maximum Gasteiger partial charge on any atom is 0.260 e. The highest BCUT2D eigenvalue weighted by atomic mass is 16.5. The fraction of sp³-hybridized carbons (Fsp3) is 0.467. The van der Waals surface area contributed by atoms with Crippen LogP contribution in [-0.2, 0) is 9.53 Å². The zero-order chi connectivity index (χ0) is 14.5. The predicted octanol–water partition coefficient (Wildman–Crippen LogP) is 1.44. The van der Waals surface area contributed by atoms with Crippen molar-refractivity contribution in [1.82, 2.24) is 4.90 Å². The Balaban J connectivity index is 2.01. The highest BCUT2D eigenvalue weighted by Crippen LogP contribution is 2.21. The number of Topliss-reactive ketones (excluding diaryl/α,β-unsaturated/α-hetero) is 1. The zero-order valence-corrected chi connectivity index (χ0v) is 11.8. The Morgan fingerprint density at radius 2 is 2.00 bits per heavy atom. The number of aryl methyl sites for hydroxylation is 1. The van der Waals surface area contributed by atoms with Gasteiger partial charge in [0.1, 0.15) is 5.75 Å². The van der Waals surface area contributed by atoms with Crippen molar-refractivity contribution in [3.8, 4) is 5.75 Å². The van der Waals surface area contributed by atoms with Gasteiger partial charge in [0.2, 0.25) is 0 Å². The van der Waals surface area contributed by atoms with Crippen LogP contribution in [-0.4, -0.2) is 49.5 Å². The number of benzene rings is 1. The van der Waals surface area contributed by atoms with Crippen molar-refractivity contribution >= 4 is 11.7 Å². The Hall–Kier alpha value is -1.88. The first-order valence-electron chi connectivity index (χ1n) is 6.68. The molecule has 0 spiro atoms. The van der Waals surface area contributed by atoms with Crippen molar-refractivity contribution in [3.05, 3.63) is 29.3 Å². The average Bonchev–Trinajstić information content (AvgIpc) is 2.45. The molecule has 1 aliphatic rings. The van der Waals surface area contributed by atoms with Crippen LogP contribution in [0.2, 0.25) is 0 Å². The van der Waals surface area contributed by atoms with Gasteiger partial charge in [-0.15, -0.1) is 0 Å². The maximum absolute atomic E-state index is 12.0. The molecule has 0 bridgehead atoms. The Morgan fingerprint density at radius 1 is 1.30 bits per heavy atom. The number of morpholine rings is 1. The fourth-order valence-corrected chi connectivity index (χ4v) is 2.08. The third-order valence-electron chi connectivity index (χ3n) is 3.23. The highest BCUT2D eigenvalue weighted by Gasteiger charge is 2.18. The molecule has 1 aliphatic heterocycles. The first-order chi connectivity index (χ1) is 9.58. The number of hydrogen-bond donors (Lipinski definition) is 0. The minimum absolute atomic E-state index is 0.0519. The predicted molar refractivity (Wildman–Crippen MR) is 74.1 cm³/mol. The summed E-state index contributed by atoms with van der Waals surface area (Å²) >= 11 is 0. The van der Waals surface area contributed by atoms with Gasteiger partial charge in [-0.1, -0.05) is 6.07 Å². The van der Waals surface area contributed by atoms with Gasteiger partial charge in [0.25, 0.3) is 5.91 Å². The number of nitrogens with zero attached hydrogens (tertiary/aromatic N) is 1. The average molecular weight is 277 g/mol. The smallest absolute Gasteiger partial charge is 0.260 e. The van der Waals surface area contributed by atoms with Crippen molar-refractivity contribution in [1.29, 1.82) is 0 Å². The number of carbonyl (C=O) groups excluding carboxylic acids is 2. The molecule has 1 saturated heterocycles. The fourth-order valence-electron chi connectivity index (χ4n) is 2.08. The second-order valence-electron chi connectivity index (χ2n) is 4.84. The van der Waals surface area contributed by atoms with Crippen molar-refractivity contribution in [2.75, 3.05) is 32.9 Å². The SMILES string of the molecule is CC(=O)c1ccc(C)cc1OCC(=O)N1CCOCC1. The zero-order valence-electron chi connectivity index (χ0n) is 11.8. The highest BCUT2D eigenvalue weighted by molar-refractivity contribution is 5.97. The Bertz CT molecular complexity index is 507. The minimum atomic E-state index is -0.0793.